The first-order valence-corrected chi connectivity index (χ1v) is 8.59. The van der Waals surface area contributed by atoms with Gasteiger partial charge in [-0.2, -0.15) is 0 Å². The van der Waals surface area contributed by atoms with E-state index >= 15 is 0 Å². The molecule has 2 amide bonds. The average Bonchev–Trinajstić information content (AvgIpc) is 2.71. The van der Waals surface area contributed by atoms with Crippen LogP contribution >= 0.6 is 0 Å². The lowest BCUT2D eigenvalue weighted by atomic mass is 10.0. The van der Waals surface area contributed by atoms with Crippen LogP contribution < -0.4 is 15.4 Å². The third-order valence-corrected chi connectivity index (χ3v) is 3.70. The van der Waals surface area contributed by atoms with E-state index in [-0.39, 0.29) is 30.7 Å². The molecule has 0 saturated carbocycles. The van der Waals surface area contributed by atoms with Gasteiger partial charge in [-0.05, 0) is 36.8 Å². The Labute approximate surface area is 158 Å². The molecule has 0 bridgehead atoms. The van der Waals surface area contributed by atoms with E-state index in [1.807, 2.05) is 18.2 Å². The van der Waals surface area contributed by atoms with Crippen molar-refractivity contribution in [2.24, 2.45) is 0 Å². The van der Waals surface area contributed by atoms with E-state index < -0.39 is 0 Å². The highest BCUT2D eigenvalue weighted by Gasteiger charge is 2.08. The van der Waals surface area contributed by atoms with E-state index in [1.54, 1.807) is 36.4 Å². The van der Waals surface area contributed by atoms with Gasteiger partial charge in [0.2, 0.25) is 11.8 Å². The summed E-state index contributed by atoms with van der Waals surface area (Å²) >= 11 is 0. The molecule has 0 aliphatic heterocycles. The van der Waals surface area contributed by atoms with Gasteiger partial charge in [0.05, 0.1) is 13.3 Å². The summed E-state index contributed by atoms with van der Waals surface area (Å²) in [5, 5.41) is 5.03. The summed E-state index contributed by atoms with van der Waals surface area (Å²) in [5.41, 5.74) is 1.23. The van der Waals surface area contributed by atoms with E-state index in [2.05, 4.69) is 17.2 Å². The fourth-order valence-electron chi connectivity index (χ4n) is 2.27. The lowest BCUT2D eigenvalue weighted by Crippen LogP contribution is -2.36. The van der Waals surface area contributed by atoms with Gasteiger partial charge < -0.3 is 15.4 Å². The largest absolute Gasteiger partial charge is 0.494 e. The zero-order valence-corrected chi connectivity index (χ0v) is 14.9. The van der Waals surface area contributed by atoms with Crippen LogP contribution in [0.15, 0.2) is 67.3 Å². The molecule has 0 unspecified atom stereocenters. The zero-order valence-electron chi connectivity index (χ0n) is 14.9. The van der Waals surface area contributed by atoms with Gasteiger partial charge in [-0.1, -0.05) is 36.9 Å². The van der Waals surface area contributed by atoms with Gasteiger partial charge >= 0.3 is 0 Å². The second kappa shape index (κ2) is 10.6. The van der Waals surface area contributed by atoms with Crippen LogP contribution in [0.2, 0.25) is 0 Å². The zero-order chi connectivity index (χ0) is 19.5. The van der Waals surface area contributed by atoms with Gasteiger partial charge in [0.25, 0.3) is 0 Å². The molecule has 0 radical (unpaired) electrons. The van der Waals surface area contributed by atoms with Crippen molar-refractivity contribution >= 4 is 17.6 Å². The van der Waals surface area contributed by atoms with Crippen molar-refractivity contribution < 1.29 is 19.1 Å². The van der Waals surface area contributed by atoms with E-state index in [4.69, 9.17) is 4.74 Å². The summed E-state index contributed by atoms with van der Waals surface area (Å²) in [5.74, 6) is 0.0835. The molecule has 27 heavy (non-hydrogen) atoms. The molecule has 2 aromatic rings. The Morgan fingerprint density at radius 2 is 1.59 bits per heavy atom. The number of rotatable bonds is 10. The average molecular weight is 366 g/mol. The summed E-state index contributed by atoms with van der Waals surface area (Å²) in [4.78, 5) is 34.9. The Morgan fingerprint density at radius 1 is 0.926 bits per heavy atom. The van der Waals surface area contributed by atoms with Gasteiger partial charge in [-0.25, -0.2) is 0 Å². The molecule has 0 spiro atoms. The minimum atomic E-state index is -0.340. The van der Waals surface area contributed by atoms with E-state index in [1.165, 1.54) is 0 Å². The number of ketones is 1. The topological polar surface area (TPSA) is 84.5 Å². The van der Waals surface area contributed by atoms with Crippen LogP contribution in [0, 0.1) is 0 Å². The minimum Gasteiger partial charge on any atom is -0.494 e. The summed E-state index contributed by atoms with van der Waals surface area (Å²) in [6.45, 7) is 3.76. The number of hydrogen-bond acceptors (Lipinski definition) is 4. The van der Waals surface area contributed by atoms with Crippen molar-refractivity contribution in [3.63, 3.8) is 0 Å². The Kier molecular flexibility index (Phi) is 7.78. The molecular formula is C21H22N2O4. The first-order valence-electron chi connectivity index (χ1n) is 8.59. The third-order valence-electron chi connectivity index (χ3n) is 3.70. The molecule has 2 N–H and O–H groups in total. The molecule has 0 heterocycles. The number of ether oxygens (including phenoxy) is 1. The molecule has 2 aromatic carbocycles. The summed E-state index contributed by atoms with van der Waals surface area (Å²) in [6.07, 6.45) is 1.96. The van der Waals surface area contributed by atoms with Crippen LogP contribution in [-0.4, -0.2) is 30.9 Å². The van der Waals surface area contributed by atoms with Crippen LogP contribution in [0.25, 0.3) is 0 Å². The Hall–Kier alpha value is -3.41. The molecule has 6 nitrogen and oxygen atoms in total. The van der Waals surface area contributed by atoms with Gasteiger partial charge in [-0.15, -0.1) is 0 Å². The SMILES string of the molecule is C=CC(=O)NCNC(=O)CCCOc1ccc(C(=O)c2ccccc2)cc1. The second-order valence-corrected chi connectivity index (χ2v) is 5.69. The molecular weight excluding hydrogens is 344 g/mol. The Balaban J connectivity index is 1.69. The van der Waals surface area contributed by atoms with Gasteiger partial charge in [0.1, 0.15) is 5.75 Å². The van der Waals surface area contributed by atoms with Crippen molar-refractivity contribution in [3.05, 3.63) is 78.4 Å². The van der Waals surface area contributed by atoms with Crippen LogP contribution in [0.4, 0.5) is 0 Å². The highest BCUT2D eigenvalue weighted by atomic mass is 16.5. The molecule has 6 heteroatoms. The lowest BCUT2D eigenvalue weighted by molar-refractivity contribution is -0.121. The molecule has 140 valence electrons. The van der Waals surface area contributed by atoms with Gasteiger partial charge in [-0.3, -0.25) is 14.4 Å². The van der Waals surface area contributed by atoms with Crippen LogP contribution in [0.5, 0.6) is 5.75 Å². The smallest absolute Gasteiger partial charge is 0.244 e. The van der Waals surface area contributed by atoms with Crippen molar-refractivity contribution in [1.82, 2.24) is 10.6 Å². The van der Waals surface area contributed by atoms with E-state index in [9.17, 15) is 14.4 Å². The van der Waals surface area contributed by atoms with Crippen molar-refractivity contribution in [2.45, 2.75) is 12.8 Å². The number of hydrogen-bond donors (Lipinski definition) is 2. The van der Waals surface area contributed by atoms with Crippen molar-refractivity contribution in [3.8, 4) is 5.75 Å². The maximum atomic E-state index is 12.3. The fourth-order valence-corrected chi connectivity index (χ4v) is 2.27. The predicted molar refractivity (Wildman–Crippen MR) is 102 cm³/mol. The highest BCUT2D eigenvalue weighted by Crippen LogP contribution is 2.15. The van der Waals surface area contributed by atoms with Crippen LogP contribution in [0.3, 0.4) is 0 Å². The Bertz CT molecular complexity index is 786. The first kappa shape index (κ1) is 19.9. The maximum absolute atomic E-state index is 12.3. The van der Waals surface area contributed by atoms with E-state index in [0.717, 1.165) is 6.08 Å². The lowest BCUT2D eigenvalue weighted by Gasteiger charge is -2.08. The molecule has 0 aliphatic rings. The Morgan fingerprint density at radius 3 is 2.26 bits per heavy atom. The molecule has 0 aromatic heterocycles. The quantitative estimate of drug-likeness (QED) is 0.293. The molecule has 0 saturated heterocycles. The summed E-state index contributed by atoms with van der Waals surface area (Å²) in [6, 6.07) is 16.0. The molecule has 0 aliphatic carbocycles. The monoisotopic (exact) mass is 366 g/mol. The van der Waals surface area contributed by atoms with Crippen LogP contribution in [0.1, 0.15) is 28.8 Å². The first-order chi connectivity index (χ1) is 13.1. The standard InChI is InChI=1S/C21H22N2O4/c1-2-19(24)22-15-23-20(25)9-6-14-27-18-12-10-17(11-13-18)21(26)16-7-4-3-5-8-16/h2-5,7-8,10-13H,1,6,9,14-15H2,(H,22,24)(H,23,25). The normalized spacial score (nSPS) is 9.93. The van der Waals surface area contributed by atoms with Gasteiger partial charge in [0, 0.05) is 17.5 Å². The molecule has 0 fully saturated rings. The second-order valence-electron chi connectivity index (χ2n) is 5.69. The highest BCUT2D eigenvalue weighted by molar-refractivity contribution is 6.08. The number of nitrogens with one attached hydrogen (secondary N) is 2. The van der Waals surface area contributed by atoms with Crippen LogP contribution in [-0.2, 0) is 9.59 Å². The number of carbonyl (C=O) groups is 3. The summed E-state index contributed by atoms with van der Waals surface area (Å²) in [7, 11) is 0. The molecule has 2 rings (SSSR count). The fraction of sp³-hybridized carbons (Fsp3) is 0.190. The maximum Gasteiger partial charge on any atom is 0.244 e. The summed E-state index contributed by atoms with van der Waals surface area (Å²) < 4.78 is 5.58. The van der Waals surface area contributed by atoms with Gasteiger partial charge in [0.15, 0.2) is 5.78 Å². The van der Waals surface area contributed by atoms with Crippen molar-refractivity contribution in [2.75, 3.05) is 13.3 Å². The van der Waals surface area contributed by atoms with Crippen molar-refractivity contribution in [1.29, 1.82) is 0 Å². The molecule has 0 atom stereocenters. The number of amides is 2. The minimum absolute atomic E-state index is 0.0395. The third kappa shape index (κ3) is 6.78. The number of carbonyl (C=O) groups excluding carboxylic acids is 3. The predicted octanol–water partition coefficient (Wildman–Crippen LogP) is 2.45. The van der Waals surface area contributed by atoms with E-state index in [0.29, 0.717) is 29.9 Å². The number of benzene rings is 2.